The molecule has 2 N–H and O–H groups in total. The number of hydrogen-bond donors (Lipinski definition) is 2. The summed E-state index contributed by atoms with van der Waals surface area (Å²) in [6, 6.07) is 21.6. The number of rotatable bonds is 6. The third-order valence-corrected chi connectivity index (χ3v) is 3.72. The molecule has 0 radical (unpaired) electrons. The van der Waals surface area contributed by atoms with Gasteiger partial charge in [0.25, 0.3) is 0 Å². The van der Waals surface area contributed by atoms with Gasteiger partial charge in [-0.15, -0.1) is 0 Å². The predicted octanol–water partition coefficient (Wildman–Crippen LogP) is 4.68. The molecule has 4 nitrogen and oxygen atoms in total. The van der Waals surface area contributed by atoms with Crippen LogP contribution in [0.2, 0.25) is 0 Å². The van der Waals surface area contributed by atoms with Gasteiger partial charge in [0.05, 0.1) is 18.3 Å². The van der Waals surface area contributed by atoms with E-state index in [1.54, 1.807) is 0 Å². The molecule has 0 saturated heterocycles. The van der Waals surface area contributed by atoms with Gasteiger partial charge in [-0.1, -0.05) is 42.5 Å². The Labute approximate surface area is 147 Å². The number of hydrogen-bond acceptors (Lipinski definition) is 3. The van der Waals surface area contributed by atoms with Gasteiger partial charge in [-0.3, -0.25) is 4.79 Å². The fourth-order valence-corrected chi connectivity index (χ4v) is 2.62. The second-order valence-corrected chi connectivity index (χ2v) is 6.13. The first kappa shape index (κ1) is 16.8. The normalized spacial score (nSPS) is 10.7. The monoisotopic (exact) mass is 334 g/mol. The fourth-order valence-electron chi connectivity index (χ4n) is 2.62. The van der Waals surface area contributed by atoms with E-state index < -0.39 is 0 Å². The number of carbonyl (C=O) groups excluding carboxylic acids is 1. The van der Waals surface area contributed by atoms with Gasteiger partial charge in [0.2, 0.25) is 5.91 Å². The van der Waals surface area contributed by atoms with Crippen LogP contribution < -0.4 is 15.4 Å². The molecule has 0 aliphatic heterocycles. The van der Waals surface area contributed by atoms with Gasteiger partial charge in [-0.05, 0) is 48.9 Å². The Hall–Kier alpha value is -3.01. The molecule has 3 rings (SSSR count). The summed E-state index contributed by atoms with van der Waals surface area (Å²) in [7, 11) is 0. The molecule has 0 fully saturated rings. The maximum absolute atomic E-state index is 12.2. The molecule has 3 aromatic rings. The Bertz CT molecular complexity index is 874. The van der Waals surface area contributed by atoms with Crippen molar-refractivity contribution < 1.29 is 9.53 Å². The lowest BCUT2D eigenvalue weighted by atomic mass is 10.1. The Morgan fingerprint density at radius 1 is 0.960 bits per heavy atom. The number of carbonyl (C=O) groups is 1. The van der Waals surface area contributed by atoms with Crippen LogP contribution in [0.15, 0.2) is 66.7 Å². The summed E-state index contributed by atoms with van der Waals surface area (Å²) >= 11 is 0. The van der Waals surface area contributed by atoms with Crippen LogP contribution in [0.4, 0.5) is 11.4 Å². The SMILES string of the molecule is CC(C)Oc1ccccc1NCC(=O)Nc1ccc2ccccc2c1. The molecule has 0 heterocycles. The van der Waals surface area contributed by atoms with Crippen LogP contribution in [0, 0.1) is 0 Å². The van der Waals surface area contributed by atoms with Crippen molar-refractivity contribution >= 4 is 28.1 Å². The largest absolute Gasteiger partial charge is 0.489 e. The van der Waals surface area contributed by atoms with Crippen LogP contribution in [0.25, 0.3) is 10.8 Å². The molecule has 4 heteroatoms. The Morgan fingerprint density at radius 3 is 2.48 bits per heavy atom. The summed E-state index contributed by atoms with van der Waals surface area (Å²) in [5.41, 5.74) is 1.60. The summed E-state index contributed by atoms with van der Waals surface area (Å²) in [6.45, 7) is 4.12. The van der Waals surface area contributed by atoms with E-state index in [0.29, 0.717) is 0 Å². The van der Waals surface area contributed by atoms with Gasteiger partial charge >= 0.3 is 0 Å². The molecule has 0 aliphatic rings. The molecule has 0 saturated carbocycles. The van der Waals surface area contributed by atoms with Crippen molar-refractivity contribution in [3.8, 4) is 5.75 Å². The van der Waals surface area contributed by atoms with Crippen molar-refractivity contribution in [2.75, 3.05) is 17.2 Å². The second-order valence-electron chi connectivity index (χ2n) is 6.13. The number of anilines is 2. The van der Waals surface area contributed by atoms with E-state index in [9.17, 15) is 4.79 Å². The molecule has 0 aliphatic carbocycles. The summed E-state index contributed by atoms with van der Waals surface area (Å²) in [6.07, 6.45) is 0.0781. The molecule has 128 valence electrons. The molecule has 1 amide bonds. The summed E-state index contributed by atoms with van der Waals surface area (Å²) < 4.78 is 5.75. The lowest BCUT2D eigenvalue weighted by molar-refractivity contribution is -0.114. The molecule has 0 spiro atoms. The van der Waals surface area contributed by atoms with Crippen molar-refractivity contribution in [2.24, 2.45) is 0 Å². The molecule has 0 aromatic heterocycles. The highest BCUT2D eigenvalue weighted by molar-refractivity contribution is 5.96. The minimum absolute atomic E-state index is 0.0781. The number of benzene rings is 3. The first-order valence-corrected chi connectivity index (χ1v) is 8.40. The van der Waals surface area contributed by atoms with E-state index in [1.165, 1.54) is 0 Å². The van der Waals surface area contributed by atoms with Crippen molar-refractivity contribution in [3.05, 3.63) is 66.7 Å². The van der Waals surface area contributed by atoms with E-state index in [-0.39, 0.29) is 18.6 Å². The first-order chi connectivity index (χ1) is 12.1. The van der Waals surface area contributed by atoms with Crippen LogP contribution in [-0.2, 0) is 4.79 Å². The highest BCUT2D eigenvalue weighted by Gasteiger charge is 2.07. The molecule has 0 unspecified atom stereocenters. The van der Waals surface area contributed by atoms with E-state index in [1.807, 2.05) is 80.6 Å². The van der Waals surface area contributed by atoms with Gasteiger partial charge < -0.3 is 15.4 Å². The maximum atomic E-state index is 12.2. The van der Waals surface area contributed by atoms with E-state index >= 15 is 0 Å². The van der Waals surface area contributed by atoms with Gasteiger partial charge in [-0.25, -0.2) is 0 Å². The minimum atomic E-state index is -0.102. The molecule has 3 aromatic carbocycles. The standard InChI is InChI=1S/C21H22N2O2/c1-15(2)25-20-10-6-5-9-19(20)22-14-21(24)23-18-12-11-16-7-3-4-8-17(16)13-18/h3-13,15,22H,14H2,1-2H3,(H,23,24). The highest BCUT2D eigenvalue weighted by Crippen LogP contribution is 2.24. The zero-order valence-corrected chi connectivity index (χ0v) is 14.5. The molecule has 0 bridgehead atoms. The van der Waals surface area contributed by atoms with Gasteiger partial charge in [0.1, 0.15) is 5.75 Å². The summed E-state index contributed by atoms with van der Waals surface area (Å²) in [5.74, 6) is 0.644. The summed E-state index contributed by atoms with van der Waals surface area (Å²) in [4.78, 5) is 12.2. The van der Waals surface area contributed by atoms with Crippen LogP contribution in [0.1, 0.15) is 13.8 Å². The van der Waals surface area contributed by atoms with Gasteiger partial charge in [0.15, 0.2) is 0 Å². The molecular weight excluding hydrogens is 312 g/mol. The van der Waals surface area contributed by atoms with Crippen LogP contribution in [0.3, 0.4) is 0 Å². The van der Waals surface area contributed by atoms with Gasteiger partial charge in [0, 0.05) is 5.69 Å². The van der Waals surface area contributed by atoms with E-state index in [4.69, 9.17) is 4.74 Å². The predicted molar refractivity (Wildman–Crippen MR) is 103 cm³/mol. The van der Waals surface area contributed by atoms with Gasteiger partial charge in [-0.2, -0.15) is 0 Å². The number of fused-ring (bicyclic) bond motifs is 1. The smallest absolute Gasteiger partial charge is 0.243 e. The van der Waals surface area contributed by atoms with Crippen LogP contribution in [-0.4, -0.2) is 18.6 Å². The van der Waals surface area contributed by atoms with Crippen LogP contribution in [0.5, 0.6) is 5.75 Å². The molecule has 25 heavy (non-hydrogen) atoms. The minimum Gasteiger partial charge on any atom is -0.489 e. The topological polar surface area (TPSA) is 50.4 Å². The van der Waals surface area contributed by atoms with E-state index in [0.717, 1.165) is 27.9 Å². The number of para-hydroxylation sites is 2. The Kier molecular flexibility index (Phi) is 5.19. The number of amides is 1. The van der Waals surface area contributed by atoms with E-state index in [2.05, 4.69) is 10.6 Å². The second kappa shape index (κ2) is 7.71. The van der Waals surface area contributed by atoms with Crippen molar-refractivity contribution in [3.63, 3.8) is 0 Å². The number of nitrogens with one attached hydrogen (secondary N) is 2. The molecule has 0 atom stereocenters. The third-order valence-electron chi connectivity index (χ3n) is 3.72. The average Bonchev–Trinajstić information content (AvgIpc) is 2.60. The Morgan fingerprint density at radius 2 is 1.68 bits per heavy atom. The van der Waals surface area contributed by atoms with Crippen molar-refractivity contribution in [2.45, 2.75) is 20.0 Å². The van der Waals surface area contributed by atoms with Crippen LogP contribution >= 0.6 is 0 Å². The van der Waals surface area contributed by atoms with Crippen molar-refractivity contribution in [1.82, 2.24) is 0 Å². The number of ether oxygens (including phenoxy) is 1. The quantitative estimate of drug-likeness (QED) is 0.688. The fraction of sp³-hybridized carbons (Fsp3) is 0.190. The first-order valence-electron chi connectivity index (χ1n) is 8.40. The third kappa shape index (κ3) is 4.51. The zero-order valence-electron chi connectivity index (χ0n) is 14.5. The Balaban J connectivity index is 1.63. The lowest BCUT2D eigenvalue weighted by Gasteiger charge is -2.15. The molecular formula is C21H22N2O2. The average molecular weight is 334 g/mol. The zero-order chi connectivity index (χ0) is 17.6. The maximum Gasteiger partial charge on any atom is 0.243 e. The summed E-state index contributed by atoms with van der Waals surface area (Å²) in [5, 5.41) is 8.31. The lowest BCUT2D eigenvalue weighted by Crippen LogP contribution is -2.22. The highest BCUT2D eigenvalue weighted by atomic mass is 16.5. The van der Waals surface area contributed by atoms with Crippen molar-refractivity contribution in [1.29, 1.82) is 0 Å².